The minimum atomic E-state index is 0.489. The molecule has 1 aromatic rings. The van der Waals surface area contributed by atoms with E-state index in [0.29, 0.717) is 12.1 Å². The van der Waals surface area contributed by atoms with Crippen LogP contribution in [0.2, 0.25) is 0 Å². The summed E-state index contributed by atoms with van der Waals surface area (Å²) in [5.41, 5.74) is 1.40. The molecule has 3 rings (SSSR count). The van der Waals surface area contributed by atoms with E-state index in [-0.39, 0.29) is 0 Å². The van der Waals surface area contributed by atoms with Crippen molar-refractivity contribution in [2.75, 3.05) is 26.2 Å². The third-order valence-corrected chi connectivity index (χ3v) is 4.18. The van der Waals surface area contributed by atoms with Crippen molar-refractivity contribution >= 4 is 5.96 Å². The molecule has 2 aliphatic rings. The molecule has 1 N–H and O–H groups in total. The number of benzene rings is 1. The molecule has 2 atom stereocenters. The Hall–Kier alpha value is -1.55. The van der Waals surface area contributed by atoms with E-state index in [9.17, 15) is 0 Å². The van der Waals surface area contributed by atoms with Gasteiger partial charge in [-0.2, -0.15) is 0 Å². The lowest BCUT2D eigenvalue weighted by atomic mass is 10.1. The van der Waals surface area contributed by atoms with Crippen molar-refractivity contribution in [1.29, 1.82) is 0 Å². The van der Waals surface area contributed by atoms with Crippen LogP contribution in [0.15, 0.2) is 35.3 Å². The van der Waals surface area contributed by atoms with Crippen LogP contribution < -0.4 is 5.32 Å². The predicted molar refractivity (Wildman–Crippen MR) is 82.8 cm³/mol. The number of guanidine groups is 1. The lowest BCUT2D eigenvalue weighted by Crippen LogP contribution is -2.55. The van der Waals surface area contributed by atoms with Crippen molar-refractivity contribution in [1.82, 2.24) is 15.1 Å². The first-order valence-electron chi connectivity index (χ1n) is 7.56. The minimum Gasteiger partial charge on any atom is -0.352 e. The van der Waals surface area contributed by atoms with Gasteiger partial charge in [0.15, 0.2) is 5.96 Å². The van der Waals surface area contributed by atoms with E-state index in [2.05, 4.69) is 64.3 Å². The number of nitrogens with zero attached hydrogens (tertiary/aromatic N) is 3. The first-order valence-corrected chi connectivity index (χ1v) is 7.56. The summed E-state index contributed by atoms with van der Waals surface area (Å²) in [6.07, 6.45) is 0. The Bertz CT molecular complexity index is 471. The summed E-state index contributed by atoms with van der Waals surface area (Å²) < 4.78 is 0. The Balaban J connectivity index is 1.57. The smallest absolute Gasteiger partial charge is 0.194 e. The van der Waals surface area contributed by atoms with Crippen LogP contribution in [0.3, 0.4) is 0 Å². The molecule has 108 valence electrons. The Morgan fingerprint density at radius 2 is 2.00 bits per heavy atom. The van der Waals surface area contributed by atoms with Gasteiger partial charge in [0.05, 0.1) is 6.54 Å². The van der Waals surface area contributed by atoms with E-state index in [1.165, 1.54) is 5.56 Å². The fourth-order valence-electron chi connectivity index (χ4n) is 2.97. The van der Waals surface area contributed by atoms with Gasteiger partial charge in [-0.15, -0.1) is 0 Å². The van der Waals surface area contributed by atoms with E-state index >= 15 is 0 Å². The zero-order valence-electron chi connectivity index (χ0n) is 12.4. The van der Waals surface area contributed by atoms with Crippen LogP contribution >= 0.6 is 0 Å². The fourth-order valence-corrected chi connectivity index (χ4v) is 2.97. The SMILES string of the molecule is CC1CN=C(N2CCN(Cc3ccccc3)C(C)C2)N1. The highest BCUT2D eigenvalue weighted by Crippen LogP contribution is 2.15. The van der Waals surface area contributed by atoms with Crippen molar-refractivity contribution in [3.63, 3.8) is 0 Å². The minimum absolute atomic E-state index is 0.489. The fraction of sp³-hybridized carbons (Fsp3) is 0.562. The van der Waals surface area contributed by atoms with Gasteiger partial charge in [-0.3, -0.25) is 9.89 Å². The third-order valence-electron chi connectivity index (χ3n) is 4.18. The molecule has 4 nitrogen and oxygen atoms in total. The van der Waals surface area contributed by atoms with Gasteiger partial charge in [0.25, 0.3) is 0 Å². The summed E-state index contributed by atoms with van der Waals surface area (Å²) >= 11 is 0. The average Bonchev–Trinajstić information content (AvgIpc) is 2.89. The molecule has 1 fully saturated rings. The van der Waals surface area contributed by atoms with Gasteiger partial charge >= 0.3 is 0 Å². The largest absolute Gasteiger partial charge is 0.352 e. The van der Waals surface area contributed by atoms with Crippen LogP contribution in [0.5, 0.6) is 0 Å². The van der Waals surface area contributed by atoms with Gasteiger partial charge < -0.3 is 10.2 Å². The van der Waals surface area contributed by atoms with Crippen molar-refractivity contribution in [2.24, 2.45) is 4.99 Å². The molecule has 0 bridgehead atoms. The summed E-state index contributed by atoms with van der Waals surface area (Å²) in [6.45, 7) is 9.69. The molecule has 0 amide bonds. The quantitative estimate of drug-likeness (QED) is 0.886. The topological polar surface area (TPSA) is 30.9 Å². The van der Waals surface area contributed by atoms with Crippen LogP contribution in [0.25, 0.3) is 0 Å². The average molecular weight is 272 g/mol. The maximum Gasteiger partial charge on any atom is 0.194 e. The van der Waals surface area contributed by atoms with Crippen molar-refractivity contribution in [3.05, 3.63) is 35.9 Å². The standard InChI is InChI=1S/C16H24N4/c1-13-10-17-16(18-13)20-9-8-19(14(2)11-20)12-15-6-4-3-5-7-15/h3-7,13-14H,8-12H2,1-2H3,(H,17,18). The molecule has 0 spiro atoms. The lowest BCUT2D eigenvalue weighted by Gasteiger charge is -2.40. The molecule has 2 unspecified atom stereocenters. The molecule has 1 saturated heterocycles. The molecule has 0 aromatic heterocycles. The number of hydrogen-bond acceptors (Lipinski definition) is 4. The summed E-state index contributed by atoms with van der Waals surface area (Å²) in [4.78, 5) is 9.56. The maximum absolute atomic E-state index is 4.60. The second-order valence-electron chi connectivity index (χ2n) is 5.96. The predicted octanol–water partition coefficient (Wildman–Crippen LogP) is 1.54. The van der Waals surface area contributed by atoms with Crippen LogP contribution in [-0.4, -0.2) is 54.0 Å². The van der Waals surface area contributed by atoms with Crippen LogP contribution in [0.4, 0.5) is 0 Å². The number of piperazine rings is 1. The zero-order valence-corrected chi connectivity index (χ0v) is 12.4. The van der Waals surface area contributed by atoms with Crippen LogP contribution in [-0.2, 0) is 6.54 Å². The number of hydrogen-bond donors (Lipinski definition) is 1. The number of nitrogens with one attached hydrogen (secondary N) is 1. The summed E-state index contributed by atoms with van der Waals surface area (Å²) in [5.74, 6) is 1.10. The first-order chi connectivity index (χ1) is 9.72. The lowest BCUT2D eigenvalue weighted by molar-refractivity contribution is 0.114. The molecular formula is C16H24N4. The molecular weight excluding hydrogens is 248 g/mol. The van der Waals surface area contributed by atoms with Crippen molar-refractivity contribution < 1.29 is 0 Å². The first kappa shape index (κ1) is 13.4. The van der Waals surface area contributed by atoms with E-state index in [0.717, 1.165) is 38.7 Å². The Morgan fingerprint density at radius 1 is 1.20 bits per heavy atom. The van der Waals surface area contributed by atoms with E-state index in [1.54, 1.807) is 0 Å². The highest BCUT2D eigenvalue weighted by atomic mass is 15.4. The molecule has 0 radical (unpaired) electrons. The molecule has 1 aromatic carbocycles. The molecule has 2 aliphatic heterocycles. The van der Waals surface area contributed by atoms with Gasteiger partial charge in [-0.05, 0) is 19.4 Å². The van der Waals surface area contributed by atoms with Gasteiger partial charge in [0.1, 0.15) is 0 Å². The molecule has 0 saturated carbocycles. The van der Waals surface area contributed by atoms with E-state index in [1.807, 2.05) is 0 Å². The van der Waals surface area contributed by atoms with Crippen LogP contribution in [0.1, 0.15) is 19.4 Å². The van der Waals surface area contributed by atoms with Gasteiger partial charge in [-0.1, -0.05) is 30.3 Å². The van der Waals surface area contributed by atoms with Gasteiger partial charge in [0, 0.05) is 38.3 Å². The molecule has 2 heterocycles. The van der Waals surface area contributed by atoms with Crippen molar-refractivity contribution in [2.45, 2.75) is 32.5 Å². The zero-order chi connectivity index (χ0) is 13.9. The van der Waals surface area contributed by atoms with E-state index in [4.69, 9.17) is 0 Å². The second-order valence-corrected chi connectivity index (χ2v) is 5.96. The second kappa shape index (κ2) is 5.83. The molecule has 4 heteroatoms. The maximum atomic E-state index is 4.60. The molecule has 0 aliphatic carbocycles. The highest BCUT2D eigenvalue weighted by molar-refractivity contribution is 5.82. The van der Waals surface area contributed by atoms with Gasteiger partial charge in [-0.25, -0.2) is 0 Å². The van der Waals surface area contributed by atoms with Gasteiger partial charge in [0.2, 0.25) is 0 Å². The summed E-state index contributed by atoms with van der Waals surface area (Å²) in [5, 5.41) is 3.47. The van der Waals surface area contributed by atoms with Crippen LogP contribution in [0, 0.1) is 0 Å². The Morgan fingerprint density at radius 3 is 2.65 bits per heavy atom. The molecule has 20 heavy (non-hydrogen) atoms. The van der Waals surface area contributed by atoms with E-state index < -0.39 is 0 Å². The summed E-state index contributed by atoms with van der Waals surface area (Å²) in [7, 11) is 0. The number of rotatable bonds is 2. The monoisotopic (exact) mass is 272 g/mol. The highest BCUT2D eigenvalue weighted by Gasteiger charge is 2.27. The third kappa shape index (κ3) is 2.96. The number of aliphatic imine (C=N–C) groups is 1. The summed E-state index contributed by atoms with van der Waals surface area (Å²) in [6, 6.07) is 11.8. The van der Waals surface area contributed by atoms with Crippen molar-refractivity contribution in [3.8, 4) is 0 Å². The Kier molecular flexibility index (Phi) is 3.92. The normalized spacial score (nSPS) is 27.3. The Labute approximate surface area is 121 Å².